The first-order chi connectivity index (χ1) is 12.9. The van der Waals surface area contributed by atoms with Crippen LogP contribution in [0.4, 0.5) is 0 Å². The second-order valence-electron chi connectivity index (χ2n) is 7.82. The van der Waals surface area contributed by atoms with Crippen LogP contribution in [-0.4, -0.2) is 19.4 Å². The molecule has 3 rings (SSSR count). The minimum atomic E-state index is -2.31. The predicted octanol–water partition coefficient (Wildman–Crippen LogP) is 4.53. The normalized spacial score (nSPS) is 12.5. The molecule has 0 aliphatic carbocycles. The number of rotatable bonds is 5. The van der Waals surface area contributed by atoms with E-state index in [1.165, 1.54) is 15.9 Å². The zero-order chi connectivity index (χ0) is 19.5. The molecule has 0 radical (unpaired) electrons. The molecule has 0 aliphatic rings. The molecule has 3 aromatic rings. The van der Waals surface area contributed by atoms with Crippen molar-refractivity contribution in [2.75, 3.05) is 14.2 Å². The fraction of sp³-hybridized carbons (Fsp3) is 0.250. The fourth-order valence-corrected chi connectivity index (χ4v) is 9.79. The molecule has 0 aromatic heterocycles. The van der Waals surface area contributed by atoms with Gasteiger partial charge in [-0.2, -0.15) is 0 Å². The molecule has 3 heteroatoms. The molecular formula is C24H29O2P. The summed E-state index contributed by atoms with van der Waals surface area (Å²) in [5, 5.41) is 4.24. The third-order valence-electron chi connectivity index (χ3n) is 5.38. The zero-order valence-electron chi connectivity index (χ0n) is 16.8. The van der Waals surface area contributed by atoms with Crippen LogP contribution in [0.1, 0.15) is 20.8 Å². The van der Waals surface area contributed by atoms with E-state index in [-0.39, 0.29) is 5.16 Å². The van der Waals surface area contributed by atoms with Gasteiger partial charge in [0.1, 0.15) is 0 Å². The van der Waals surface area contributed by atoms with Crippen LogP contribution in [0.3, 0.4) is 0 Å². The van der Waals surface area contributed by atoms with E-state index in [0.29, 0.717) is 0 Å². The summed E-state index contributed by atoms with van der Waals surface area (Å²) in [4.78, 5) is 0. The molecule has 0 N–H and O–H groups in total. The van der Waals surface area contributed by atoms with E-state index in [1.54, 1.807) is 14.2 Å². The Morgan fingerprint density at radius 1 is 0.556 bits per heavy atom. The van der Waals surface area contributed by atoms with Crippen molar-refractivity contribution in [3.8, 4) is 11.5 Å². The van der Waals surface area contributed by atoms with Gasteiger partial charge in [-0.25, -0.2) is 0 Å². The average molecular weight is 380 g/mol. The summed E-state index contributed by atoms with van der Waals surface area (Å²) in [7, 11) is 1.12. The second kappa shape index (κ2) is 7.74. The molecule has 0 atom stereocenters. The van der Waals surface area contributed by atoms with Crippen molar-refractivity contribution in [3.63, 3.8) is 0 Å². The summed E-state index contributed by atoms with van der Waals surface area (Å²) >= 11 is 0. The number of ether oxygens (including phenoxy) is 2. The van der Waals surface area contributed by atoms with Gasteiger partial charge in [0.05, 0.1) is 0 Å². The molecule has 0 saturated heterocycles. The van der Waals surface area contributed by atoms with Gasteiger partial charge in [-0.1, -0.05) is 0 Å². The van der Waals surface area contributed by atoms with Crippen LogP contribution in [0.5, 0.6) is 11.5 Å². The molecule has 27 heavy (non-hydrogen) atoms. The standard InChI is InChI=1S/C24H29O2P/c1-24(2,3)27(21-9-7-6-8-10-21,22-15-11-19(25-4)12-16-22)23-17-13-20(26-5)14-18-23/h6-18,27H,1-5H3. The van der Waals surface area contributed by atoms with E-state index in [1.807, 2.05) is 0 Å². The first kappa shape index (κ1) is 19.5. The number of hydrogen-bond acceptors (Lipinski definition) is 2. The number of methoxy groups -OCH3 is 2. The van der Waals surface area contributed by atoms with E-state index in [9.17, 15) is 0 Å². The average Bonchev–Trinajstić information content (AvgIpc) is 2.69. The molecule has 0 aliphatic heterocycles. The molecule has 0 saturated carbocycles. The summed E-state index contributed by atoms with van der Waals surface area (Å²) < 4.78 is 10.8. The monoisotopic (exact) mass is 380 g/mol. The van der Waals surface area contributed by atoms with Crippen molar-refractivity contribution in [1.82, 2.24) is 0 Å². The summed E-state index contributed by atoms with van der Waals surface area (Å²) in [5.41, 5.74) is 0. The van der Waals surface area contributed by atoms with Crippen LogP contribution in [0.2, 0.25) is 0 Å². The molecule has 0 bridgehead atoms. The minimum absolute atomic E-state index is 0.0670. The van der Waals surface area contributed by atoms with Crippen molar-refractivity contribution < 1.29 is 9.47 Å². The van der Waals surface area contributed by atoms with E-state index in [0.717, 1.165) is 11.5 Å². The van der Waals surface area contributed by atoms with Gasteiger partial charge in [0.25, 0.3) is 0 Å². The molecule has 0 heterocycles. The van der Waals surface area contributed by atoms with Gasteiger partial charge in [-0.15, -0.1) is 0 Å². The molecule has 0 amide bonds. The van der Waals surface area contributed by atoms with Gasteiger partial charge >= 0.3 is 163 Å². The van der Waals surface area contributed by atoms with Crippen molar-refractivity contribution in [2.24, 2.45) is 0 Å². The van der Waals surface area contributed by atoms with Crippen molar-refractivity contribution in [3.05, 3.63) is 78.9 Å². The Bertz CT molecular complexity index is 816. The topological polar surface area (TPSA) is 18.5 Å². The maximum atomic E-state index is 5.41. The zero-order valence-corrected chi connectivity index (χ0v) is 17.8. The van der Waals surface area contributed by atoms with E-state index in [2.05, 4.69) is 99.6 Å². The second-order valence-corrected chi connectivity index (χ2v) is 12.6. The molecular weight excluding hydrogens is 351 g/mol. The number of hydrogen-bond donors (Lipinski definition) is 0. The van der Waals surface area contributed by atoms with Crippen molar-refractivity contribution in [1.29, 1.82) is 0 Å². The third-order valence-corrected chi connectivity index (χ3v) is 11.2. The molecule has 0 spiro atoms. The Morgan fingerprint density at radius 2 is 0.926 bits per heavy atom. The Hall–Kier alpha value is -2.31. The van der Waals surface area contributed by atoms with E-state index >= 15 is 0 Å². The van der Waals surface area contributed by atoms with Crippen LogP contribution in [0.15, 0.2) is 78.9 Å². The fourth-order valence-electron chi connectivity index (χ4n) is 4.17. The number of benzene rings is 3. The van der Waals surface area contributed by atoms with Crippen LogP contribution < -0.4 is 25.4 Å². The Labute approximate surface area is 163 Å². The van der Waals surface area contributed by atoms with Gasteiger partial charge in [0, 0.05) is 0 Å². The van der Waals surface area contributed by atoms with Gasteiger partial charge < -0.3 is 0 Å². The van der Waals surface area contributed by atoms with Gasteiger partial charge in [-0.3, -0.25) is 0 Å². The Kier molecular flexibility index (Phi) is 5.58. The van der Waals surface area contributed by atoms with Crippen molar-refractivity contribution in [2.45, 2.75) is 25.9 Å². The SMILES string of the molecule is COc1ccc([PH](c2ccccc2)(c2ccc(OC)cc2)C(C)(C)C)cc1. The van der Waals surface area contributed by atoms with Crippen molar-refractivity contribution >= 4 is 23.2 Å². The summed E-state index contributed by atoms with van der Waals surface area (Å²) in [5.74, 6) is 1.77. The van der Waals surface area contributed by atoms with Gasteiger partial charge in [0.15, 0.2) is 0 Å². The summed E-state index contributed by atoms with van der Waals surface area (Å²) in [6.07, 6.45) is 0. The van der Waals surface area contributed by atoms with Crippen LogP contribution in [0, 0.1) is 0 Å². The first-order valence-electron chi connectivity index (χ1n) is 9.28. The van der Waals surface area contributed by atoms with Gasteiger partial charge in [0.2, 0.25) is 0 Å². The first-order valence-corrected chi connectivity index (χ1v) is 11.3. The molecule has 0 fully saturated rings. The summed E-state index contributed by atoms with van der Waals surface area (Å²) in [6.45, 7) is 7.09. The Balaban J connectivity index is 2.34. The quantitative estimate of drug-likeness (QED) is 0.606. The Morgan fingerprint density at radius 3 is 1.26 bits per heavy atom. The molecule has 142 valence electrons. The molecule has 0 unspecified atom stereocenters. The summed E-state index contributed by atoms with van der Waals surface area (Å²) in [6, 6.07) is 28.2. The van der Waals surface area contributed by atoms with Crippen LogP contribution in [0.25, 0.3) is 0 Å². The maximum absolute atomic E-state index is 5.41. The predicted molar refractivity (Wildman–Crippen MR) is 119 cm³/mol. The van der Waals surface area contributed by atoms with Crippen LogP contribution in [-0.2, 0) is 0 Å². The third kappa shape index (κ3) is 3.47. The van der Waals surface area contributed by atoms with Crippen LogP contribution >= 0.6 is 7.26 Å². The van der Waals surface area contributed by atoms with E-state index in [4.69, 9.17) is 9.47 Å². The van der Waals surface area contributed by atoms with Gasteiger partial charge in [-0.05, 0) is 0 Å². The molecule has 2 nitrogen and oxygen atoms in total. The van der Waals surface area contributed by atoms with E-state index < -0.39 is 7.26 Å². The molecule has 3 aromatic carbocycles.